The van der Waals surface area contributed by atoms with Gasteiger partial charge in [-0.25, -0.2) is 9.59 Å². The van der Waals surface area contributed by atoms with Gasteiger partial charge in [0, 0.05) is 12.2 Å². The van der Waals surface area contributed by atoms with Crippen molar-refractivity contribution in [2.75, 3.05) is 6.61 Å². The van der Waals surface area contributed by atoms with Crippen molar-refractivity contribution in [2.45, 2.75) is 6.29 Å². The van der Waals surface area contributed by atoms with Crippen LogP contribution in [0, 0.1) is 0 Å². The Hall–Kier alpha value is -2.04. The summed E-state index contributed by atoms with van der Waals surface area (Å²) >= 11 is 0. The van der Waals surface area contributed by atoms with Crippen molar-refractivity contribution < 1.29 is 23.8 Å². The smallest absolute Gasteiger partial charge is 0.333 e. The normalized spacial score (nSPS) is 10.7. The number of rotatable bonds is 7. The van der Waals surface area contributed by atoms with Crippen LogP contribution in [0.1, 0.15) is 0 Å². The molecule has 0 fully saturated rings. The van der Waals surface area contributed by atoms with Crippen LogP contribution in [0.2, 0.25) is 0 Å². The fourth-order valence-corrected chi connectivity index (χ4v) is 0.595. The minimum absolute atomic E-state index is 0.240. The van der Waals surface area contributed by atoms with E-state index in [0.29, 0.717) is 0 Å². The van der Waals surface area contributed by atoms with Gasteiger partial charge in [-0.2, -0.15) is 0 Å². The first-order valence-corrected chi connectivity index (χ1v) is 4.02. The van der Waals surface area contributed by atoms with Gasteiger partial charge >= 0.3 is 11.9 Å². The molecule has 0 aliphatic carbocycles. The van der Waals surface area contributed by atoms with Crippen LogP contribution in [0.3, 0.4) is 0 Å². The summed E-state index contributed by atoms with van der Waals surface area (Å²) < 4.78 is 14.1. The molecule has 0 aliphatic rings. The molecule has 0 saturated carbocycles. The SMILES string of the molecule is C=COC(COC(=O)C=C)OC(=O)C=C. The molecule has 1 unspecified atom stereocenters. The van der Waals surface area contributed by atoms with Gasteiger partial charge in [0.25, 0.3) is 6.29 Å². The second-order valence-electron chi connectivity index (χ2n) is 2.21. The van der Waals surface area contributed by atoms with Gasteiger partial charge < -0.3 is 14.2 Å². The van der Waals surface area contributed by atoms with E-state index in [-0.39, 0.29) is 6.61 Å². The van der Waals surface area contributed by atoms with Crippen LogP contribution in [-0.2, 0) is 23.8 Å². The zero-order chi connectivity index (χ0) is 11.7. The predicted octanol–water partition coefficient (Wildman–Crippen LogP) is 0.931. The van der Waals surface area contributed by atoms with Gasteiger partial charge in [0.2, 0.25) is 0 Å². The summed E-state index contributed by atoms with van der Waals surface area (Å²) in [5, 5.41) is 0. The van der Waals surface area contributed by atoms with Crippen molar-refractivity contribution in [3.8, 4) is 0 Å². The third-order valence-electron chi connectivity index (χ3n) is 1.19. The van der Waals surface area contributed by atoms with Gasteiger partial charge in [-0.1, -0.05) is 19.7 Å². The van der Waals surface area contributed by atoms with Crippen molar-refractivity contribution in [1.29, 1.82) is 0 Å². The zero-order valence-electron chi connectivity index (χ0n) is 8.18. The maximum atomic E-state index is 10.8. The quantitative estimate of drug-likeness (QED) is 0.272. The van der Waals surface area contributed by atoms with Crippen LogP contribution >= 0.6 is 0 Å². The van der Waals surface area contributed by atoms with Crippen molar-refractivity contribution in [1.82, 2.24) is 0 Å². The highest BCUT2D eigenvalue weighted by atomic mass is 16.7. The van der Waals surface area contributed by atoms with Gasteiger partial charge in [0.1, 0.15) is 0 Å². The minimum Gasteiger partial charge on any atom is -0.460 e. The highest BCUT2D eigenvalue weighted by molar-refractivity contribution is 5.82. The molecule has 1 atom stereocenters. The van der Waals surface area contributed by atoms with E-state index in [1.165, 1.54) is 0 Å². The van der Waals surface area contributed by atoms with E-state index in [4.69, 9.17) is 4.74 Å². The Balaban J connectivity index is 4.08. The first-order valence-electron chi connectivity index (χ1n) is 4.02. The van der Waals surface area contributed by atoms with Crippen molar-refractivity contribution in [3.05, 3.63) is 38.2 Å². The third kappa shape index (κ3) is 6.09. The second-order valence-corrected chi connectivity index (χ2v) is 2.21. The molecular weight excluding hydrogens is 200 g/mol. The summed E-state index contributed by atoms with van der Waals surface area (Å²) in [7, 11) is 0. The highest BCUT2D eigenvalue weighted by Crippen LogP contribution is 1.98. The summed E-state index contributed by atoms with van der Waals surface area (Å²) in [4.78, 5) is 21.5. The van der Waals surface area contributed by atoms with Crippen LogP contribution in [0.25, 0.3) is 0 Å². The van der Waals surface area contributed by atoms with E-state index in [1.54, 1.807) is 0 Å². The lowest BCUT2D eigenvalue weighted by molar-refractivity contribution is -0.177. The van der Waals surface area contributed by atoms with E-state index in [1.807, 2.05) is 0 Å². The Kier molecular flexibility index (Phi) is 6.37. The third-order valence-corrected chi connectivity index (χ3v) is 1.19. The Bertz CT molecular complexity index is 269. The second kappa shape index (κ2) is 7.37. The summed E-state index contributed by atoms with van der Waals surface area (Å²) in [6.45, 7) is 9.45. The number of hydrogen-bond donors (Lipinski definition) is 0. The Morgan fingerprint density at radius 2 is 1.73 bits per heavy atom. The molecule has 82 valence electrons. The molecule has 0 rings (SSSR count). The van der Waals surface area contributed by atoms with Crippen LogP contribution in [0.15, 0.2) is 38.2 Å². The lowest BCUT2D eigenvalue weighted by Gasteiger charge is -2.15. The minimum atomic E-state index is -1.03. The fraction of sp³-hybridized carbons (Fsp3) is 0.200. The van der Waals surface area contributed by atoms with Crippen molar-refractivity contribution >= 4 is 11.9 Å². The summed E-state index contributed by atoms with van der Waals surface area (Å²) in [6.07, 6.45) is 1.99. The fourth-order valence-electron chi connectivity index (χ4n) is 0.595. The van der Waals surface area contributed by atoms with Crippen LogP contribution in [0.5, 0.6) is 0 Å². The Labute approximate surface area is 87.6 Å². The highest BCUT2D eigenvalue weighted by Gasteiger charge is 2.14. The molecule has 15 heavy (non-hydrogen) atoms. The van der Waals surface area contributed by atoms with Crippen molar-refractivity contribution in [2.24, 2.45) is 0 Å². The molecular formula is C10H12O5. The molecule has 0 aromatic heterocycles. The lowest BCUT2D eigenvalue weighted by atomic mass is 10.6. The van der Waals surface area contributed by atoms with Crippen LogP contribution in [-0.4, -0.2) is 24.8 Å². The average Bonchev–Trinajstić information content (AvgIpc) is 2.25. The topological polar surface area (TPSA) is 61.8 Å². The van der Waals surface area contributed by atoms with E-state index in [0.717, 1.165) is 18.4 Å². The molecule has 0 aliphatic heterocycles. The molecule has 0 aromatic rings. The van der Waals surface area contributed by atoms with Gasteiger partial charge in [-0.15, -0.1) is 0 Å². The van der Waals surface area contributed by atoms with Crippen LogP contribution < -0.4 is 0 Å². The number of hydrogen-bond acceptors (Lipinski definition) is 5. The summed E-state index contributed by atoms with van der Waals surface area (Å²) in [5.41, 5.74) is 0. The van der Waals surface area contributed by atoms with E-state index in [2.05, 4.69) is 29.2 Å². The molecule has 0 bridgehead atoms. The van der Waals surface area contributed by atoms with Crippen molar-refractivity contribution in [3.63, 3.8) is 0 Å². The van der Waals surface area contributed by atoms with E-state index < -0.39 is 18.2 Å². The number of esters is 2. The van der Waals surface area contributed by atoms with Crippen LogP contribution in [0.4, 0.5) is 0 Å². The van der Waals surface area contributed by atoms with E-state index in [9.17, 15) is 9.59 Å². The molecule has 0 saturated heterocycles. The Morgan fingerprint density at radius 1 is 1.13 bits per heavy atom. The molecule has 0 radical (unpaired) electrons. The van der Waals surface area contributed by atoms with Gasteiger partial charge in [-0.3, -0.25) is 0 Å². The monoisotopic (exact) mass is 212 g/mol. The molecule has 0 aromatic carbocycles. The predicted molar refractivity (Wildman–Crippen MR) is 52.5 cm³/mol. The largest absolute Gasteiger partial charge is 0.460 e. The van der Waals surface area contributed by atoms with Gasteiger partial charge in [-0.05, 0) is 0 Å². The number of carbonyl (C=O) groups is 2. The first-order chi connectivity index (χ1) is 7.13. The molecule has 0 amide bonds. The Morgan fingerprint density at radius 3 is 2.20 bits per heavy atom. The first kappa shape index (κ1) is 13.0. The standard InChI is InChI=1S/C10H12O5/c1-4-8(11)14-7-10(13-6-3)15-9(12)5-2/h4-6,10H,1-3,7H2. The molecule has 5 heteroatoms. The maximum absolute atomic E-state index is 10.8. The molecule has 0 heterocycles. The molecule has 5 nitrogen and oxygen atoms in total. The summed E-state index contributed by atoms with van der Waals surface area (Å²) in [5.74, 6) is -1.32. The van der Waals surface area contributed by atoms with Gasteiger partial charge in [0.15, 0.2) is 6.61 Å². The molecule has 0 N–H and O–H groups in total. The molecule has 0 spiro atoms. The maximum Gasteiger partial charge on any atom is 0.333 e. The summed E-state index contributed by atoms with van der Waals surface area (Å²) in [6, 6.07) is 0. The van der Waals surface area contributed by atoms with Gasteiger partial charge in [0.05, 0.1) is 6.26 Å². The zero-order valence-corrected chi connectivity index (χ0v) is 8.18. The average molecular weight is 212 g/mol. The number of carbonyl (C=O) groups excluding carboxylic acids is 2. The lowest BCUT2D eigenvalue weighted by Crippen LogP contribution is -2.25. The van der Waals surface area contributed by atoms with E-state index >= 15 is 0 Å². The number of ether oxygens (including phenoxy) is 3.